The van der Waals surface area contributed by atoms with Crippen LogP contribution in [0.25, 0.3) is 10.8 Å². The fourth-order valence-corrected chi connectivity index (χ4v) is 3.01. The number of benzene rings is 3. The molecule has 5 nitrogen and oxygen atoms in total. The number of carbonyl (C=O) groups excluding carboxylic acids is 1. The summed E-state index contributed by atoms with van der Waals surface area (Å²) in [6, 6.07) is 20.1. The van der Waals surface area contributed by atoms with Gasteiger partial charge in [0.25, 0.3) is 5.91 Å². The molecule has 4 N–H and O–H groups in total. The van der Waals surface area contributed by atoms with E-state index >= 15 is 0 Å². The van der Waals surface area contributed by atoms with Gasteiger partial charge in [-0.2, -0.15) is 0 Å². The number of nitrogens with two attached hydrogens (primary N) is 1. The van der Waals surface area contributed by atoms with Crippen molar-refractivity contribution in [3.05, 3.63) is 66.2 Å². The van der Waals surface area contributed by atoms with Crippen molar-refractivity contribution < 1.29 is 9.53 Å². The molecule has 1 aliphatic rings. The molecule has 0 aromatic heterocycles. The zero-order valence-corrected chi connectivity index (χ0v) is 13.0. The van der Waals surface area contributed by atoms with Crippen molar-refractivity contribution in [1.29, 1.82) is 0 Å². The van der Waals surface area contributed by atoms with E-state index in [4.69, 9.17) is 10.5 Å². The number of rotatable bonds is 4. The number of nitrogens with one attached hydrogen (secondary N) is 2. The monoisotopic (exact) mass is 319 g/mol. The van der Waals surface area contributed by atoms with Gasteiger partial charge in [0, 0.05) is 16.8 Å². The van der Waals surface area contributed by atoms with Gasteiger partial charge in [-0.1, -0.05) is 36.4 Å². The highest BCUT2D eigenvalue weighted by molar-refractivity contribution is 6.04. The number of amides is 1. The molecule has 0 spiro atoms. The van der Waals surface area contributed by atoms with Gasteiger partial charge in [-0.3, -0.25) is 4.79 Å². The van der Waals surface area contributed by atoms with E-state index in [2.05, 4.69) is 47.0 Å². The average Bonchev–Trinajstić information content (AvgIpc) is 2.61. The molecule has 24 heavy (non-hydrogen) atoms. The summed E-state index contributed by atoms with van der Waals surface area (Å²) in [6.45, 7) is -0.116. The molecule has 3 aromatic rings. The maximum atomic E-state index is 10.8. The third-order valence-corrected chi connectivity index (χ3v) is 4.10. The summed E-state index contributed by atoms with van der Waals surface area (Å²) in [5.41, 5.74) is 8.39. The highest BCUT2D eigenvalue weighted by Crippen LogP contribution is 2.38. The number of anilines is 2. The lowest BCUT2D eigenvalue weighted by Crippen LogP contribution is -2.23. The van der Waals surface area contributed by atoms with Crippen molar-refractivity contribution >= 4 is 28.1 Å². The Labute approximate surface area is 139 Å². The number of carbonyl (C=O) groups is 1. The quantitative estimate of drug-likeness (QED) is 0.690. The molecular weight excluding hydrogens is 302 g/mol. The van der Waals surface area contributed by atoms with Crippen LogP contribution in [0.5, 0.6) is 5.75 Å². The Kier molecular flexibility index (Phi) is 3.46. The summed E-state index contributed by atoms with van der Waals surface area (Å²) in [5.74, 6) is 0.134. The van der Waals surface area contributed by atoms with Crippen molar-refractivity contribution in [2.24, 2.45) is 5.73 Å². The van der Waals surface area contributed by atoms with Crippen LogP contribution in [0, 0.1) is 0 Å². The number of ether oxygens (including phenoxy) is 1. The molecule has 0 bridgehead atoms. The van der Waals surface area contributed by atoms with Gasteiger partial charge in [-0.05, 0) is 35.2 Å². The van der Waals surface area contributed by atoms with Gasteiger partial charge >= 0.3 is 0 Å². The fraction of sp³-hybridized carbons (Fsp3) is 0.105. The van der Waals surface area contributed by atoms with Crippen molar-refractivity contribution in [3.8, 4) is 5.75 Å². The summed E-state index contributed by atoms with van der Waals surface area (Å²) < 4.78 is 5.30. The van der Waals surface area contributed by atoms with Crippen LogP contribution < -0.4 is 21.1 Å². The minimum absolute atomic E-state index is 0.0318. The maximum absolute atomic E-state index is 10.8. The summed E-state index contributed by atoms with van der Waals surface area (Å²) in [6.07, 6.45) is -0.0318. The van der Waals surface area contributed by atoms with Gasteiger partial charge < -0.3 is 21.1 Å². The first-order valence-electron chi connectivity index (χ1n) is 7.76. The van der Waals surface area contributed by atoms with E-state index in [1.807, 2.05) is 24.3 Å². The summed E-state index contributed by atoms with van der Waals surface area (Å²) >= 11 is 0. The highest BCUT2D eigenvalue weighted by Gasteiger charge is 2.19. The maximum Gasteiger partial charge on any atom is 0.255 e. The summed E-state index contributed by atoms with van der Waals surface area (Å²) in [5, 5.41) is 9.46. The Morgan fingerprint density at radius 2 is 1.58 bits per heavy atom. The van der Waals surface area contributed by atoms with E-state index in [9.17, 15) is 4.79 Å². The minimum atomic E-state index is -0.487. The number of primary amides is 1. The molecular formula is C19H17N3O2. The molecule has 3 aromatic carbocycles. The fourth-order valence-electron chi connectivity index (χ4n) is 3.01. The second-order valence-electron chi connectivity index (χ2n) is 5.75. The molecule has 0 atom stereocenters. The molecule has 0 saturated carbocycles. The van der Waals surface area contributed by atoms with Gasteiger partial charge in [0.15, 0.2) is 6.61 Å². The van der Waals surface area contributed by atoms with Crippen molar-refractivity contribution in [2.75, 3.05) is 17.2 Å². The van der Waals surface area contributed by atoms with Crippen molar-refractivity contribution in [1.82, 2.24) is 0 Å². The Hall–Kier alpha value is -3.21. The van der Waals surface area contributed by atoms with Crippen LogP contribution in [-0.2, 0) is 4.79 Å². The van der Waals surface area contributed by atoms with Gasteiger partial charge in [-0.15, -0.1) is 0 Å². The molecule has 120 valence electrons. The minimum Gasteiger partial charge on any atom is -0.484 e. The van der Waals surface area contributed by atoms with Crippen LogP contribution in [0.2, 0.25) is 0 Å². The molecule has 4 rings (SSSR count). The zero-order chi connectivity index (χ0) is 16.5. The van der Waals surface area contributed by atoms with Gasteiger partial charge in [0.1, 0.15) is 11.9 Å². The highest BCUT2D eigenvalue weighted by atomic mass is 16.5. The van der Waals surface area contributed by atoms with E-state index in [1.54, 1.807) is 0 Å². The summed E-state index contributed by atoms with van der Waals surface area (Å²) in [4.78, 5) is 10.8. The lowest BCUT2D eigenvalue weighted by Gasteiger charge is -2.29. The van der Waals surface area contributed by atoms with Crippen molar-refractivity contribution in [2.45, 2.75) is 6.17 Å². The molecule has 1 heterocycles. The standard InChI is InChI=1S/C19H17N3O2/c20-17(23)11-24-14-9-7-13(8-10-14)19-21-15-5-1-3-12-4-2-6-16(22-19)18(12)15/h1-10,19,21-22H,11H2,(H2,20,23). The van der Waals surface area contributed by atoms with Gasteiger partial charge in [-0.25, -0.2) is 0 Å². The van der Waals surface area contributed by atoms with Crippen LogP contribution in [0.1, 0.15) is 11.7 Å². The van der Waals surface area contributed by atoms with Crippen LogP contribution in [0.3, 0.4) is 0 Å². The van der Waals surface area contributed by atoms with Gasteiger partial charge in [0.05, 0.1) is 0 Å². The van der Waals surface area contributed by atoms with E-state index in [-0.39, 0.29) is 12.8 Å². The first-order valence-corrected chi connectivity index (χ1v) is 7.76. The zero-order valence-electron chi connectivity index (χ0n) is 13.0. The Morgan fingerprint density at radius 1 is 0.958 bits per heavy atom. The van der Waals surface area contributed by atoms with Crippen LogP contribution in [0.4, 0.5) is 11.4 Å². The smallest absolute Gasteiger partial charge is 0.255 e. The molecule has 0 radical (unpaired) electrons. The van der Waals surface area contributed by atoms with E-state index in [0.717, 1.165) is 16.9 Å². The predicted molar refractivity (Wildman–Crippen MR) is 95.1 cm³/mol. The first kappa shape index (κ1) is 14.4. The van der Waals surface area contributed by atoms with Crippen molar-refractivity contribution in [3.63, 3.8) is 0 Å². The molecule has 0 unspecified atom stereocenters. The molecule has 1 aliphatic heterocycles. The second kappa shape index (κ2) is 5.77. The lowest BCUT2D eigenvalue weighted by atomic mass is 10.0. The number of hydrogen-bond acceptors (Lipinski definition) is 4. The molecule has 1 amide bonds. The van der Waals surface area contributed by atoms with Gasteiger partial charge in [0.2, 0.25) is 0 Å². The molecule has 0 saturated heterocycles. The number of hydrogen-bond donors (Lipinski definition) is 3. The first-order chi connectivity index (χ1) is 11.7. The largest absolute Gasteiger partial charge is 0.484 e. The van der Waals surface area contributed by atoms with E-state index in [0.29, 0.717) is 5.75 Å². The van der Waals surface area contributed by atoms with E-state index in [1.165, 1.54) is 10.8 Å². The van der Waals surface area contributed by atoms with Crippen LogP contribution in [-0.4, -0.2) is 12.5 Å². The lowest BCUT2D eigenvalue weighted by molar-refractivity contribution is -0.119. The Morgan fingerprint density at radius 3 is 2.17 bits per heavy atom. The van der Waals surface area contributed by atoms with E-state index < -0.39 is 5.91 Å². The normalized spacial score (nSPS) is 13.2. The molecule has 5 heteroatoms. The molecule has 0 aliphatic carbocycles. The topological polar surface area (TPSA) is 76.4 Å². The molecule has 0 fully saturated rings. The SMILES string of the molecule is NC(=O)COc1ccc(C2Nc3cccc4cccc(c34)N2)cc1. The third kappa shape index (κ3) is 2.60. The van der Waals surface area contributed by atoms with Crippen LogP contribution >= 0.6 is 0 Å². The Bertz CT molecular complexity index is 865. The predicted octanol–water partition coefficient (Wildman–Crippen LogP) is 3.24. The summed E-state index contributed by atoms with van der Waals surface area (Å²) in [7, 11) is 0. The third-order valence-electron chi connectivity index (χ3n) is 4.10. The van der Waals surface area contributed by atoms with Crippen LogP contribution in [0.15, 0.2) is 60.7 Å². The second-order valence-corrected chi connectivity index (χ2v) is 5.75. The Balaban J connectivity index is 1.59. The average molecular weight is 319 g/mol.